The summed E-state index contributed by atoms with van der Waals surface area (Å²) in [7, 11) is 0. The van der Waals surface area contributed by atoms with E-state index < -0.39 is 0 Å². The topological polar surface area (TPSA) is 67.6 Å². The third kappa shape index (κ3) is 2.45. The zero-order valence-corrected chi connectivity index (χ0v) is 12.8. The van der Waals surface area contributed by atoms with Gasteiger partial charge in [-0.3, -0.25) is 0 Å². The third-order valence-electron chi connectivity index (χ3n) is 4.02. The van der Waals surface area contributed by atoms with Gasteiger partial charge in [0.15, 0.2) is 5.65 Å². The molecule has 0 bridgehead atoms. The molecule has 4 aromatic rings. The van der Waals surface area contributed by atoms with Crippen molar-refractivity contribution in [3.05, 3.63) is 72.2 Å². The van der Waals surface area contributed by atoms with Crippen molar-refractivity contribution in [2.24, 2.45) is 5.73 Å². The number of halogens is 1. The maximum atomic E-state index is 14.1. The summed E-state index contributed by atoms with van der Waals surface area (Å²) in [6.07, 6.45) is 1.69. The maximum absolute atomic E-state index is 14.1. The summed E-state index contributed by atoms with van der Waals surface area (Å²) in [6.45, 7) is 0.179. The van der Waals surface area contributed by atoms with Gasteiger partial charge in [0.2, 0.25) is 0 Å². The molecule has 2 heterocycles. The van der Waals surface area contributed by atoms with Gasteiger partial charge in [-0.2, -0.15) is 0 Å². The second-order valence-corrected chi connectivity index (χ2v) is 5.52. The summed E-state index contributed by atoms with van der Waals surface area (Å²) in [6, 6.07) is 16.7. The molecule has 0 aliphatic rings. The molecule has 4 nitrogen and oxygen atoms in total. The van der Waals surface area contributed by atoms with Gasteiger partial charge < -0.3 is 10.7 Å². The van der Waals surface area contributed by atoms with Gasteiger partial charge in [-0.25, -0.2) is 14.4 Å². The first-order valence-electron chi connectivity index (χ1n) is 7.65. The molecular formula is C19H15FN4. The Labute approximate surface area is 138 Å². The van der Waals surface area contributed by atoms with Crippen molar-refractivity contribution in [2.45, 2.75) is 6.54 Å². The minimum atomic E-state index is -0.307. The zero-order chi connectivity index (χ0) is 16.5. The van der Waals surface area contributed by atoms with Gasteiger partial charge >= 0.3 is 0 Å². The number of hydrogen-bond acceptors (Lipinski definition) is 3. The number of aromatic amines is 1. The van der Waals surface area contributed by atoms with Crippen LogP contribution in [0.5, 0.6) is 0 Å². The van der Waals surface area contributed by atoms with Gasteiger partial charge in [-0.05, 0) is 17.7 Å². The smallest absolute Gasteiger partial charge is 0.158 e. The quantitative estimate of drug-likeness (QED) is 0.602. The highest BCUT2D eigenvalue weighted by Gasteiger charge is 2.12. The highest BCUT2D eigenvalue weighted by atomic mass is 19.1. The van der Waals surface area contributed by atoms with E-state index >= 15 is 0 Å². The lowest BCUT2D eigenvalue weighted by molar-refractivity contribution is 0.611. The Bertz CT molecular complexity index is 1010. The average molecular weight is 318 g/mol. The number of rotatable bonds is 3. The molecule has 0 saturated carbocycles. The Morgan fingerprint density at radius 2 is 1.83 bits per heavy atom. The molecule has 0 aliphatic carbocycles. The van der Waals surface area contributed by atoms with Crippen LogP contribution in [0, 0.1) is 5.82 Å². The molecule has 0 fully saturated rings. The summed E-state index contributed by atoms with van der Waals surface area (Å²) in [5.74, 6) is 0.434. The van der Waals surface area contributed by atoms with Crippen LogP contribution in [0.4, 0.5) is 4.39 Å². The van der Waals surface area contributed by atoms with Gasteiger partial charge in [0.05, 0.1) is 0 Å². The van der Waals surface area contributed by atoms with Crippen LogP contribution in [0.25, 0.3) is 33.7 Å². The van der Waals surface area contributed by atoms with Gasteiger partial charge in [0.25, 0.3) is 0 Å². The van der Waals surface area contributed by atoms with Crippen molar-refractivity contribution in [1.29, 1.82) is 0 Å². The predicted molar refractivity (Wildman–Crippen MR) is 92.6 cm³/mol. The largest absolute Gasteiger partial charge is 0.326 e. The second-order valence-electron chi connectivity index (χ2n) is 5.52. The van der Waals surface area contributed by atoms with Gasteiger partial charge in [-0.15, -0.1) is 0 Å². The molecule has 4 rings (SSSR count). The molecule has 2 aromatic carbocycles. The number of fused-ring (bicyclic) bond motifs is 1. The molecule has 0 radical (unpaired) electrons. The van der Waals surface area contributed by atoms with Crippen molar-refractivity contribution in [1.82, 2.24) is 15.0 Å². The number of hydrogen-bond donors (Lipinski definition) is 2. The number of imidazole rings is 1. The summed E-state index contributed by atoms with van der Waals surface area (Å²) in [5.41, 5.74) is 9.99. The van der Waals surface area contributed by atoms with Gasteiger partial charge in [0.1, 0.15) is 17.2 Å². The molecule has 24 heavy (non-hydrogen) atoms. The third-order valence-corrected chi connectivity index (χ3v) is 4.02. The molecule has 0 aliphatic heterocycles. The fourth-order valence-electron chi connectivity index (χ4n) is 2.76. The number of benzene rings is 2. The van der Waals surface area contributed by atoms with E-state index in [9.17, 15) is 4.39 Å². The average Bonchev–Trinajstić information content (AvgIpc) is 3.06. The molecule has 0 unspecified atom stereocenters. The fourth-order valence-corrected chi connectivity index (χ4v) is 2.76. The van der Waals surface area contributed by atoms with Crippen molar-refractivity contribution in [2.75, 3.05) is 0 Å². The Morgan fingerprint density at radius 1 is 1.00 bits per heavy atom. The van der Waals surface area contributed by atoms with Crippen LogP contribution < -0.4 is 5.73 Å². The zero-order valence-electron chi connectivity index (χ0n) is 12.8. The lowest BCUT2D eigenvalue weighted by atomic mass is 10.0. The number of H-pyrrole nitrogens is 1. The second kappa shape index (κ2) is 5.86. The molecular weight excluding hydrogens is 303 g/mol. The van der Waals surface area contributed by atoms with Crippen LogP contribution in [0.2, 0.25) is 0 Å². The van der Waals surface area contributed by atoms with E-state index in [1.165, 1.54) is 6.07 Å². The van der Waals surface area contributed by atoms with Crippen LogP contribution in [-0.4, -0.2) is 15.0 Å². The molecule has 2 aromatic heterocycles. The molecule has 5 heteroatoms. The molecule has 118 valence electrons. The van der Waals surface area contributed by atoms with Crippen molar-refractivity contribution in [3.63, 3.8) is 0 Å². The van der Waals surface area contributed by atoms with Crippen molar-refractivity contribution in [3.8, 4) is 22.5 Å². The minimum absolute atomic E-state index is 0.179. The van der Waals surface area contributed by atoms with Crippen molar-refractivity contribution >= 4 is 11.2 Å². The number of nitrogens with zero attached hydrogens (tertiary/aromatic N) is 2. The standard InChI is InChI=1S/C19H15FN4/c20-16-10-13(6-7-14(16)11-21)15-8-9-22-19-17(15)23-18(24-19)12-4-2-1-3-5-12/h1-10H,11,21H2,(H,22,23,24). The first kappa shape index (κ1) is 14.5. The highest BCUT2D eigenvalue weighted by Crippen LogP contribution is 2.29. The Hall–Kier alpha value is -3.05. The highest BCUT2D eigenvalue weighted by molar-refractivity contribution is 5.91. The number of nitrogens with two attached hydrogens (primary N) is 1. The number of pyridine rings is 1. The minimum Gasteiger partial charge on any atom is -0.326 e. The summed E-state index contributed by atoms with van der Waals surface area (Å²) in [4.78, 5) is 12.2. The normalized spacial score (nSPS) is 11.1. The van der Waals surface area contributed by atoms with E-state index in [-0.39, 0.29) is 12.4 Å². The fraction of sp³-hybridized carbons (Fsp3) is 0.0526. The predicted octanol–water partition coefficient (Wildman–Crippen LogP) is 3.89. The number of aromatic nitrogens is 3. The summed E-state index contributed by atoms with van der Waals surface area (Å²) < 4.78 is 14.1. The Kier molecular flexibility index (Phi) is 3.55. The van der Waals surface area contributed by atoms with Crippen LogP contribution >= 0.6 is 0 Å². The maximum Gasteiger partial charge on any atom is 0.158 e. The first-order valence-corrected chi connectivity index (χ1v) is 7.65. The SMILES string of the molecule is NCc1ccc(-c2ccnc3[nH]c(-c4ccccc4)nc23)cc1F. The van der Waals surface area contributed by atoms with E-state index in [1.807, 2.05) is 42.5 Å². The van der Waals surface area contributed by atoms with Crippen LogP contribution in [-0.2, 0) is 6.54 Å². The van der Waals surface area contributed by atoms with E-state index in [0.717, 1.165) is 28.0 Å². The van der Waals surface area contributed by atoms with Crippen molar-refractivity contribution < 1.29 is 4.39 Å². The first-order chi connectivity index (χ1) is 11.8. The monoisotopic (exact) mass is 318 g/mol. The lowest BCUT2D eigenvalue weighted by Gasteiger charge is -2.05. The Balaban J connectivity index is 1.87. The van der Waals surface area contributed by atoms with E-state index in [1.54, 1.807) is 12.3 Å². The Morgan fingerprint density at radius 3 is 2.58 bits per heavy atom. The van der Waals surface area contributed by atoms with Gasteiger partial charge in [0, 0.05) is 29.4 Å². The van der Waals surface area contributed by atoms with E-state index in [4.69, 9.17) is 5.73 Å². The van der Waals surface area contributed by atoms with Gasteiger partial charge in [-0.1, -0.05) is 42.5 Å². The van der Waals surface area contributed by atoms with E-state index in [0.29, 0.717) is 11.2 Å². The number of nitrogens with one attached hydrogen (secondary N) is 1. The molecule has 0 amide bonds. The lowest BCUT2D eigenvalue weighted by Crippen LogP contribution is -1.99. The molecule has 0 saturated heterocycles. The van der Waals surface area contributed by atoms with Crippen LogP contribution in [0.3, 0.4) is 0 Å². The molecule has 0 atom stereocenters. The molecule has 0 spiro atoms. The molecule has 3 N–H and O–H groups in total. The summed E-state index contributed by atoms with van der Waals surface area (Å²) >= 11 is 0. The summed E-state index contributed by atoms with van der Waals surface area (Å²) in [5, 5.41) is 0. The van der Waals surface area contributed by atoms with Crippen LogP contribution in [0.1, 0.15) is 5.56 Å². The van der Waals surface area contributed by atoms with Crippen LogP contribution in [0.15, 0.2) is 60.8 Å². The van der Waals surface area contributed by atoms with E-state index in [2.05, 4.69) is 15.0 Å².